The largest absolute Gasteiger partial charge is 0.369 e. The van der Waals surface area contributed by atoms with E-state index in [4.69, 9.17) is 15.0 Å². The van der Waals surface area contributed by atoms with Gasteiger partial charge < -0.3 is 15.0 Å². The van der Waals surface area contributed by atoms with E-state index in [2.05, 4.69) is 10.1 Å². The van der Waals surface area contributed by atoms with Crippen LogP contribution < -0.4 is 5.73 Å². The quantitative estimate of drug-likeness (QED) is 0.936. The van der Waals surface area contributed by atoms with Crippen molar-refractivity contribution in [2.75, 3.05) is 7.11 Å². The first kappa shape index (κ1) is 14.2. The van der Waals surface area contributed by atoms with Crippen LogP contribution in [0.2, 0.25) is 0 Å². The third kappa shape index (κ3) is 3.14. The van der Waals surface area contributed by atoms with Crippen LogP contribution in [0.1, 0.15) is 55.0 Å². The molecule has 5 heteroatoms. The number of methoxy groups -OCH3 is 1. The fourth-order valence-corrected chi connectivity index (χ4v) is 2.99. The topological polar surface area (TPSA) is 74.2 Å². The number of benzene rings is 1. The van der Waals surface area contributed by atoms with Crippen LogP contribution in [0.25, 0.3) is 0 Å². The van der Waals surface area contributed by atoms with Gasteiger partial charge in [-0.1, -0.05) is 41.9 Å². The van der Waals surface area contributed by atoms with Crippen molar-refractivity contribution in [1.82, 2.24) is 10.1 Å². The zero-order valence-electron chi connectivity index (χ0n) is 12.2. The van der Waals surface area contributed by atoms with Crippen LogP contribution in [0.15, 0.2) is 34.9 Å². The minimum absolute atomic E-state index is 0.242. The van der Waals surface area contributed by atoms with Crippen molar-refractivity contribution in [2.24, 2.45) is 5.73 Å². The Morgan fingerprint density at radius 3 is 2.81 bits per heavy atom. The Bertz CT molecular complexity index is 570. The van der Waals surface area contributed by atoms with Gasteiger partial charge in [0.25, 0.3) is 0 Å². The molecule has 1 saturated carbocycles. The van der Waals surface area contributed by atoms with E-state index in [1.807, 2.05) is 30.3 Å². The highest BCUT2D eigenvalue weighted by Crippen LogP contribution is 2.32. The summed E-state index contributed by atoms with van der Waals surface area (Å²) in [6, 6.07) is 10.2. The number of nitrogens with two attached hydrogens (primary N) is 1. The summed E-state index contributed by atoms with van der Waals surface area (Å²) in [5, 5.41) is 4.11. The van der Waals surface area contributed by atoms with E-state index in [9.17, 15) is 0 Å². The first-order valence-corrected chi connectivity index (χ1v) is 7.44. The molecule has 0 aliphatic heterocycles. The maximum absolute atomic E-state index is 6.03. The summed E-state index contributed by atoms with van der Waals surface area (Å²) in [7, 11) is 1.66. The van der Waals surface area contributed by atoms with E-state index >= 15 is 0 Å². The van der Waals surface area contributed by atoms with Crippen molar-refractivity contribution in [1.29, 1.82) is 0 Å². The first-order chi connectivity index (χ1) is 10.3. The summed E-state index contributed by atoms with van der Waals surface area (Å²) in [5.41, 5.74) is 7.05. The molecule has 1 aliphatic rings. The maximum Gasteiger partial charge on any atom is 0.229 e. The van der Waals surface area contributed by atoms with Crippen LogP contribution >= 0.6 is 0 Å². The average molecular weight is 287 g/mol. The Balaban J connectivity index is 1.80. The monoisotopic (exact) mass is 287 g/mol. The predicted octanol–water partition coefficient (Wildman–Crippen LogP) is 2.79. The molecular formula is C16H21N3O2. The summed E-state index contributed by atoms with van der Waals surface area (Å²) in [4.78, 5) is 4.56. The fraction of sp³-hybridized carbons (Fsp3) is 0.500. The lowest BCUT2D eigenvalue weighted by Gasteiger charge is -2.23. The second-order valence-corrected chi connectivity index (χ2v) is 5.64. The van der Waals surface area contributed by atoms with E-state index in [0.717, 1.165) is 31.2 Å². The van der Waals surface area contributed by atoms with Crippen LogP contribution in [-0.4, -0.2) is 23.3 Å². The van der Waals surface area contributed by atoms with Gasteiger partial charge in [-0.05, 0) is 24.8 Å². The maximum atomic E-state index is 6.03. The number of ether oxygens (including phenoxy) is 1. The molecule has 0 amide bonds. The van der Waals surface area contributed by atoms with Crippen molar-refractivity contribution < 1.29 is 9.26 Å². The van der Waals surface area contributed by atoms with Gasteiger partial charge in [0, 0.05) is 19.1 Å². The highest BCUT2D eigenvalue weighted by Gasteiger charge is 2.27. The number of rotatable bonds is 4. The van der Waals surface area contributed by atoms with Crippen molar-refractivity contribution >= 4 is 0 Å². The average Bonchev–Trinajstić information content (AvgIpc) is 2.99. The molecule has 112 valence electrons. The van der Waals surface area contributed by atoms with Gasteiger partial charge in [0.15, 0.2) is 0 Å². The number of hydrogen-bond donors (Lipinski definition) is 1. The Morgan fingerprint density at radius 2 is 2.10 bits per heavy atom. The van der Waals surface area contributed by atoms with Crippen molar-refractivity contribution in [2.45, 2.75) is 43.7 Å². The molecule has 1 aromatic carbocycles. The Labute approximate surface area is 124 Å². The van der Waals surface area contributed by atoms with Crippen LogP contribution in [-0.2, 0) is 4.74 Å². The zero-order valence-corrected chi connectivity index (χ0v) is 12.2. The van der Waals surface area contributed by atoms with Gasteiger partial charge in [-0.2, -0.15) is 4.98 Å². The molecule has 3 atom stereocenters. The molecule has 1 aliphatic carbocycles. The van der Waals surface area contributed by atoms with Crippen LogP contribution in [0.4, 0.5) is 0 Å². The summed E-state index contributed by atoms with van der Waals surface area (Å²) in [5.74, 6) is 1.55. The lowest BCUT2D eigenvalue weighted by Crippen LogP contribution is -2.27. The van der Waals surface area contributed by atoms with Crippen molar-refractivity contribution in [3.63, 3.8) is 0 Å². The van der Waals surface area contributed by atoms with Crippen LogP contribution in [0.3, 0.4) is 0 Å². The normalized spacial score (nSPS) is 23.9. The third-order valence-electron chi connectivity index (χ3n) is 4.09. The molecule has 21 heavy (non-hydrogen) atoms. The Morgan fingerprint density at radius 1 is 1.29 bits per heavy atom. The molecule has 0 saturated heterocycles. The molecule has 1 heterocycles. The second-order valence-electron chi connectivity index (χ2n) is 5.64. The first-order valence-electron chi connectivity index (χ1n) is 7.44. The summed E-state index contributed by atoms with van der Waals surface area (Å²) >= 11 is 0. The minimum Gasteiger partial charge on any atom is -0.369 e. The highest BCUT2D eigenvalue weighted by atomic mass is 16.5. The van der Waals surface area contributed by atoms with Crippen LogP contribution in [0.5, 0.6) is 0 Å². The molecule has 0 spiro atoms. The molecule has 3 unspecified atom stereocenters. The molecule has 0 bridgehead atoms. The lowest BCUT2D eigenvalue weighted by atomic mass is 9.86. The number of hydrogen-bond acceptors (Lipinski definition) is 5. The standard InChI is InChI=1S/C16H21N3O2/c1-20-14(11-6-3-2-4-7-11)15-18-16(21-19-15)12-8-5-9-13(17)10-12/h2-4,6-7,12-14H,5,8-10,17H2,1H3. The summed E-state index contributed by atoms with van der Waals surface area (Å²) in [6.45, 7) is 0. The van der Waals surface area contributed by atoms with E-state index in [1.54, 1.807) is 7.11 Å². The van der Waals surface area contributed by atoms with Gasteiger partial charge in [-0.25, -0.2) is 0 Å². The van der Waals surface area contributed by atoms with Gasteiger partial charge in [0.1, 0.15) is 6.10 Å². The number of nitrogens with zero attached hydrogens (tertiary/aromatic N) is 2. The summed E-state index contributed by atoms with van der Waals surface area (Å²) in [6.07, 6.45) is 3.90. The van der Waals surface area contributed by atoms with Gasteiger partial charge in [-0.15, -0.1) is 0 Å². The summed E-state index contributed by atoms with van der Waals surface area (Å²) < 4.78 is 11.0. The molecule has 1 aromatic heterocycles. The van der Waals surface area contributed by atoms with Crippen molar-refractivity contribution in [3.05, 3.63) is 47.6 Å². The molecule has 0 radical (unpaired) electrons. The SMILES string of the molecule is COC(c1ccccc1)c1noc(C2CCCC(N)C2)n1. The molecule has 5 nitrogen and oxygen atoms in total. The van der Waals surface area contributed by atoms with Gasteiger partial charge in [0.05, 0.1) is 0 Å². The van der Waals surface area contributed by atoms with E-state index in [0.29, 0.717) is 11.7 Å². The smallest absolute Gasteiger partial charge is 0.229 e. The third-order valence-corrected chi connectivity index (χ3v) is 4.09. The predicted molar refractivity (Wildman–Crippen MR) is 78.8 cm³/mol. The molecule has 3 rings (SSSR count). The Hall–Kier alpha value is -1.72. The van der Waals surface area contributed by atoms with Gasteiger partial charge in [0.2, 0.25) is 11.7 Å². The zero-order chi connectivity index (χ0) is 14.7. The minimum atomic E-state index is -0.291. The van der Waals surface area contributed by atoms with E-state index in [1.165, 1.54) is 0 Å². The molecule has 2 aromatic rings. The van der Waals surface area contributed by atoms with Crippen molar-refractivity contribution in [3.8, 4) is 0 Å². The highest BCUT2D eigenvalue weighted by molar-refractivity contribution is 5.22. The molecule has 2 N–H and O–H groups in total. The Kier molecular flexibility index (Phi) is 4.31. The lowest BCUT2D eigenvalue weighted by molar-refractivity contribution is 0.126. The van der Waals surface area contributed by atoms with Gasteiger partial charge in [-0.3, -0.25) is 0 Å². The molecular weight excluding hydrogens is 266 g/mol. The number of aromatic nitrogens is 2. The van der Waals surface area contributed by atoms with Crippen LogP contribution in [0, 0.1) is 0 Å². The second kappa shape index (κ2) is 6.37. The fourth-order valence-electron chi connectivity index (χ4n) is 2.99. The van der Waals surface area contributed by atoms with E-state index in [-0.39, 0.29) is 18.1 Å². The molecule has 1 fully saturated rings. The van der Waals surface area contributed by atoms with E-state index < -0.39 is 0 Å². The van der Waals surface area contributed by atoms with Gasteiger partial charge >= 0.3 is 0 Å².